The molecule has 104 valence electrons. The molecule has 0 spiro atoms. The van der Waals surface area contributed by atoms with Crippen molar-refractivity contribution >= 4 is 11.7 Å². The number of carboxylic acid groups (broad SMARTS) is 1. The molecule has 1 unspecified atom stereocenters. The Kier molecular flexibility index (Phi) is 3.38. The minimum absolute atomic E-state index is 0.00999. The average molecular weight is 274 g/mol. The van der Waals surface area contributed by atoms with Crippen LogP contribution in [0.15, 0.2) is 12.3 Å². The van der Waals surface area contributed by atoms with Crippen molar-refractivity contribution in [3.8, 4) is 0 Å². The number of pyridine rings is 1. The van der Waals surface area contributed by atoms with Crippen LogP contribution in [0.2, 0.25) is 0 Å². The summed E-state index contributed by atoms with van der Waals surface area (Å²) in [5.74, 6) is -2.58. The Hall–Kier alpha value is -1.79. The van der Waals surface area contributed by atoms with Gasteiger partial charge in [0.15, 0.2) is 0 Å². The molecule has 1 saturated heterocycles. The number of anilines is 1. The van der Waals surface area contributed by atoms with Crippen LogP contribution in [-0.4, -0.2) is 35.3 Å². The zero-order valence-corrected chi connectivity index (χ0v) is 10.2. The lowest BCUT2D eigenvalue weighted by molar-refractivity contribution is -0.168. The van der Waals surface area contributed by atoms with E-state index in [0.29, 0.717) is 11.4 Å². The van der Waals surface area contributed by atoms with Gasteiger partial charge < -0.3 is 10.0 Å². The molecule has 0 aliphatic carbocycles. The number of aromatic nitrogens is 1. The van der Waals surface area contributed by atoms with E-state index in [1.54, 1.807) is 6.92 Å². The van der Waals surface area contributed by atoms with E-state index >= 15 is 0 Å². The molecule has 1 aromatic rings. The van der Waals surface area contributed by atoms with Gasteiger partial charge in [0.25, 0.3) is 0 Å². The van der Waals surface area contributed by atoms with Crippen molar-refractivity contribution in [3.63, 3.8) is 0 Å². The Morgan fingerprint density at radius 2 is 2.21 bits per heavy atom. The van der Waals surface area contributed by atoms with Crippen molar-refractivity contribution in [1.29, 1.82) is 0 Å². The second kappa shape index (κ2) is 4.71. The van der Waals surface area contributed by atoms with Gasteiger partial charge in [0.1, 0.15) is 5.56 Å². The molecule has 0 radical (unpaired) electrons. The summed E-state index contributed by atoms with van der Waals surface area (Å²) in [5, 5.41) is 9.05. The molecule has 7 heteroatoms. The molecule has 1 aromatic heterocycles. The van der Waals surface area contributed by atoms with Crippen LogP contribution in [0, 0.1) is 12.8 Å². The highest BCUT2D eigenvalue weighted by Crippen LogP contribution is 2.36. The molecule has 4 nitrogen and oxygen atoms in total. The van der Waals surface area contributed by atoms with Gasteiger partial charge in [-0.1, -0.05) is 0 Å². The van der Waals surface area contributed by atoms with Crippen molar-refractivity contribution < 1.29 is 23.1 Å². The van der Waals surface area contributed by atoms with Crippen LogP contribution in [0.1, 0.15) is 22.5 Å². The smallest absolute Gasteiger partial charge is 0.393 e. The van der Waals surface area contributed by atoms with E-state index < -0.39 is 18.1 Å². The predicted molar refractivity (Wildman–Crippen MR) is 62.3 cm³/mol. The van der Waals surface area contributed by atoms with Gasteiger partial charge in [-0.15, -0.1) is 0 Å². The summed E-state index contributed by atoms with van der Waals surface area (Å²) in [7, 11) is 0. The summed E-state index contributed by atoms with van der Waals surface area (Å²) in [5.41, 5.74) is 0.829. The fourth-order valence-electron chi connectivity index (χ4n) is 2.22. The van der Waals surface area contributed by atoms with Crippen molar-refractivity contribution in [2.45, 2.75) is 19.5 Å². The maximum absolute atomic E-state index is 12.6. The zero-order chi connectivity index (χ0) is 14.2. The van der Waals surface area contributed by atoms with Gasteiger partial charge >= 0.3 is 12.1 Å². The molecule has 1 N–H and O–H groups in total. The van der Waals surface area contributed by atoms with Crippen molar-refractivity contribution in [2.75, 3.05) is 18.0 Å². The number of hydrogen-bond acceptors (Lipinski definition) is 3. The molecule has 0 amide bonds. The van der Waals surface area contributed by atoms with E-state index in [4.69, 9.17) is 5.11 Å². The first-order chi connectivity index (χ1) is 8.79. The van der Waals surface area contributed by atoms with Crippen LogP contribution in [-0.2, 0) is 0 Å². The third-order valence-electron chi connectivity index (χ3n) is 3.24. The zero-order valence-electron chi connectivity index (χ0n) is 10.2. The number of alkyl halides is 3. The Bertz CT molecular complexity index is 502. The van der Waals surface area contributed by atoms with Crippen LogP contribution in [0.25, 0.3) is 0 Å². The molecule has 1 atom stereocenters. The average Bonchev–Trinajstić information content (AvgIpc) is 2.77. The Balaban J connectivity index is 2.28. The second-order valence-corrected chi connectivity index (χ2v) is 4.62. The minimum atomic E-state index is -4.24. The monoisotopic (exact) mass is 274 g/mol. The maximum atomic E-state index is 12.6. The summed E-state index contributed by atoms with van der Waals surface area (Å²) in [6.45, 7) is 1.67. The SMILES string of the molecule is Cc1cc(N2CCC(C(F)(F)F)C2)c(C(=O)O)cn1. The lowest BCUT2D eigenvalue weighted by Gasteiger charge is -2.21. The normalized spacial score (nSPS) is 19.8. The number of halogens is 3. The van der Waals surface area contributed by atoms with Crippen LogP contribution >= 0.6 is 0 Å². The van der Waals surface area contributed by atoms with E-state index in [2.05, 4.69) is 4.98 Å². The van der Waals surface area contributed by atoms with E-state index in [0.717, 1.165) is 0 Å². The van der Waals surface area contributed by atoms with Gasteiger partial charge in [-0.05, 0) is 19.4 Å². The Morgan fingerprint density at radius 3 is 2.74 bits per heavy atom. The first kappa shape index (κ1) is 13.6. The van der Waals surface area contributed by atoms with E-state index in [1.165, 1.54) is 17.2 Å². The molecule has 1 aliphatic rings. The number of aromatic carboxylic acids is 1. The van der Waals surface area contributed by atoms with Crippen LogP contribution < -0.4 is 4.90 Å². The second-order valence-electron chi connectivity index (χ2n) is 4.62. The number of rotatable bonds is 2. The maximum Gasteiger partial charge on any atom is 0.393 e. The van der Waals surface area contributed by atoms with Gasteiger partial charge in [0, 0.05) is 25.0 Å². The molecule has 0 bridgehead atoms. The number of nitrogens with zero attached hydrogens (tertiary/aromatic N) is 2. The summed E-state index contributed by atoms with van der Waals surface area (Å²) in [6.07, 6.45) is -3.06. The van der Waals surface area contributed by atoms with Crippen molar-refractivity contribution in [3.05, 3.63) is 23.5 Å². The molecular formula is C12H13F3N2O2. The quantitative estimate of drug-likeness (QED) is 0.900. The molecule has 19 heavy (non-hydrogen) atoms. The van der Waals surface area contributed by atoms with Gasteiger partial charge in [-0.25, -0.2) is 4.79 Å². The number of aryl methyl sites for hydroxylation is 1. The lowest BCUT2D eigenvalue weighted by Crippen LogP contribution is -2.28. The van der Waals surface area contributed by atoms with Crippen molar-refractivity contribution in [1.82, 2.24) is 4.98 Å². The molecule has 1 aliphatic heterocycles. The molecule has 2 heterocycles. The molecule has 0 aromatic carbocycles. The van der Waals surface area contributed by atoms with Gasteiger partial charge in [0.2, 0.25) is 0 Å². The number of carbonyl (C=O) groups is 1. The van der Waals surface area contributed by atoms with Crippen LogP contribution in [0.4, 0.5) is 18.9 Å². The highest BCUT2D eigenvalue weighted by Gasteiger charge is 2.44. The van der Waals surface area contributed by atoms with E-state index in [1.807, 2.05) is 0 Å². The summed E-state index contributed by atoms with van der Waals surface area (Å²) in [6, 6.07) is 1.52. The third kappa shape index (κ3) is 2.80. The fraction of sp³-hybridized carbons (Fsp3) is 0.500. The van der Waals surface area contributed by atoms with Gasteiger partial charge in [-0.2, -0.15) is 13.2 Å². The first-order valence-corrected chi connectivity index (χ1v) is 5.80. The third-order valence-corrected chi connectivity index (χ3v) is 3.24. The first-order valence-electron chi connectivity index (χ1n) is 5.80. The van der Waals surface area contributed by atoms with Crippen LogP contribution in [0.5, 0.6) is 0 Å². The van der Waals surface area contributed by atoms with Crippen LogP contribution in [0.3, 0.4) is 0 Å². The van der Waals surface area contributed by atoms with Gasteiger partial charge in [0.05, 0.1) is 11.6 Å². The molecule has 0 saturated carbocycles. The lowest BCUT2D eigenvalue weighted by atomic mass is 10.1. The largest absolute Gasteiger partial charge is 0.478 e. The standard InChI is InChI=1S/C12H13F3N2O2/c1-7-4-10(9(5-16-7)11(18)19)17-3-2-8(6-17)12(13,14)15/h4-5,8H,2-3,6H2,1H3,(H,18,19). The summed E-state index contributed by atoms with van der Waals surface area (Å²) in [4.78, 5) is 16.4. The molecular weight excluding hydrogens is 261 g/mol. The summed E-state index contributed by atoms with van der Waals surface area (Å²) >= 11 is 0. The van der Waals surface area contributed by atoms with E-state index in [-0.39, 0.29) is 25.1 Å². The topological polar surface area (TPSA) is 53.4 Å². The highest BCUT2D eigenvalue weighted by atomic mass is 19.4. The minimum Gasteiger partial charge on any atom is -0.478 e. The van der Waals surface area contributed by atoms with Gasteiger partial charge in [-0.3, -0.25) is 4.98 Å². The van der Waals surface area contributed by atoms with E-state index in [9.17, 15) is 18.0 Å². The highest BCUT2D eigenvalue weighted by molar-refractivity contribution is 5.94. The molecule has 1 fully saturated rings. The fourth-order valence-corrected chi connectivity index (χ4v) is 2.22. The number of hydrogen-bond donors (Lipinski definition) is 1. The molecule has 2 rings (SSSR count). The predicted octanol–water partition coefficient (Wildman–Crippen LogP) is 2.48. The summed E-state index contributed by atoms with van der Waals surface area (Å²) < 4.78 is 37.9. The van der Waals surface area contributed by atoms with Crippen molar-refractivity contribution in [2.24, 2.45) is 5.92 Å². The Morgan fingerprint density at radius 1 is 1.53 bits per heavy atom. The number of carboxylic acids is 1. The Labute approximate surface area is 107 Å².